The van der Waals surface area contributed by atoms with Gasteiger partial charge in [0.05, 0.1) is 0 Å². The number of nitrogen functional groups attached to an aromatic ring is 1. The van der Waals surface area contributed by atoms with Crippen LogP contribution in [-0.2, 0) is 5.75 Å². The summed E-state index contributed by atoms with van der Waals surface area (Å²) in [4.78, 5) is 4.24. The first-order valence-electron chi connectivity index (χ1n) is 5.66. The van der Waals surface area contributed by atoms with Gasteiger partial charge in [-0.05, 0) is 31.5 Å². The number of thioether (sulfide) groups is 1. The number of hydrogen-bond acceptors (Lipinski definition) is 3. The molecule has 0 atom stereocenters. The molecule has 1 heterocycles. The quantitative estimate of drug-likeness (QED) is 0.675. The van der Waals surface area contributed by atoms with Crippen LogP contribution in [0.4, 0.5) is 5.69 Å². The summed E-state index contributed by atoms with van der Waals surface area (Å²) in [7, 11) is 0. The average molecular weight is 279 g/mol. The third kappa shape index (κ3) is 3.65. The van der Waals surface area contributed by atoms with E-state index in [0.29, 0.717) is 10.8 Å². The molecule has 0 aliphatic rings. The van der Waals surface area contributed by atoms with Crippen LogP contribution in [0.2, 0.25) is 5.15 Å². The average Bonchev–Trinajstić information content (AvgIpc) is 2.23. The van der Waals surface area contributed by atoms with Crippen molar-refractivity contribution in [2.24, 2.45) is 0 Å². The van der Waals surface area contributed by atoms with Crippen molar-refractivity contribution in [3.8, 4) is 0 Å². The second-order valence-electron chi connectivity index (χ2n) is 4.35. The van der Waals surface area contributed by atoms with E-state index in [9.17, 15) is 0 Å². The Kier molecular flexibility index (Phi) is 4.15. The molecule has 18 heavy (non-hydrogen) atoms. The fourth-order valence-corrected chi connectivity index (χ4v) is 3.01. The number of halogens is 1. The molecule has 0 radical (unpaired) electrons. The van der Waals surface area contributed by atoms with Crippen molar-refractivity contribution in [1.29, 1.82) is 0 Å². The Morgan fingerprint density at radius 1 is 1.11 bits per heavy atom. The summed E-state index contributed by atoms with van der Waals surface area (Å²) in [5.74, 6) is 0.870. The van der Waals surface area contributed by atoms with E-state index in [1.807, 2.05) is 6.07 Å². The molecule has 0 bridgehead atoms. The van der Waals surface area contributed by atoms with Gasteiger partial charge in [0, 0.05) is 11.4 Å². The van der Waals surface area contributed by atoms with Crippen LogP contribution in [0.3, 0.4) is 0 Å². The van der Waals surface area contributed by atoms with Gasteiger partial charge in [-0.15, -0.1) is 11.8 Å². The molecular weight excluding hydrogens is 264 g/mol. The summed E-state index contributed by atoms with van der Waals surface area (Å²) in [6.45, 7) is 4.22. The van der Waals surface area contributed by atoms with Gasteiger partial charge in [0.15, 0.2) is 0 Å². The predicted octanol–water partition coefficient (Wildman–Crippen LogP) is 4.23. The van der Waals surface area contributed by atoms with E-state index in [2.05, 4.69) is 37.0 Å². The van der Waals surface area contributed by atoms with Crippen molar-refractivity contribution in [2.45, 2.75) is 24.6 Å². The number of nitrogens with two attached hydrogens (primary N) is 1. The Morgan fingerprint density at radius 2 is 1.78 bits per heavy atom. The van der Waals surface area contributed by atoms with Crippen LogP contribution < -0.4 is 5.73 Å². The maximum Gasteiger partial charge on any atom is 0.132 e. The van der Waals surface area contributed by atoms with E-state index in [0.717, 1.165) is 10.8 Å². The van der Waals surface area contributed by atoms with Crippen LogP contribution in [0, 0.1) is 13.8 Å². The number of pyridine rings is 1. The highest BCUT2D eigenvalue weighted by atomic mass is 35.5. The van der Waals surface area contributed by atoms with Crippen molar-refractivity contribution >= 4 is 29.1 Å². The van der Waals surface area contributed by atoms with Gasteiger partial charge in [0.25, 0.3) is 0 Å². The largest absolute Gasteiger partial charge is 0.399 e. The number of anilines is 1. The lowest BCUT2D eigenvalue weighted by atomic mass is 10.1. The molecule has 0 saturated heterocycles. The van der Waals surface area contributed by atoms with Crippen LogP contribution in [0.25, 0.3) is 0 Å². The molecule has 2 nitrogen and oxygen atoms in total. The monoisotopic (exact) mass is 278 g/mol. The maximum atomic E-state index is 5.88. The molecule has 2 aromatic rings. The fraction of sp³-hybridized carbons (Fsp3) is 0.214. The predicted molar refractivity (Wildman–Crippen MR) is 79.1 cm³/mol. The number of benzene rings is 1. The first-order chi connectivity index (χ1) is 8.52. The van der Waals surface area contributed by atoms with E-state index in [1.165, 1.54) is 16.7 Å². The Hall–Kier alpha value is -1.19. The summed E-state index contributed by atoms with van der Waals surface area (Å²) in [5, 5.41) is 1.30. The zero-order valence-electron chi connectivity index (χ0n) is 10.4. The van der Waals surface area contributed by atoms with Gasteiger partial charge in [-0.3, -0.25) is 0 Å². The summed E-state index contributed by atoms with van der Waals surface area (Å²) in [5.41, 5.74) is 10.2. The Balaban J connectivity index is 2.11. The molecular formula is C14H15ClN2S. The van der Waals surface area contributed by atoms with E-state index < -0.39 is 0 Å². The second-order valence-corrected chi connectivity index (χ2v) is 5.73. The highest BCUT2D eigenvalue weighted by Gasteiger charge is 2.02. The minimum atomic E-state index is 0.443. The van der Waals surface area contributed by atoms with E-state index >= 15 is 0 Å². The minimum absolute atomic E-state index is 0.443. The summed E-state index contributed by atoms with van der Waals surface area (Å²) in [6, 6.07) is 10.0. The Morgan fingerprint density at radius 3 is 2.39 bits per heavy atom. The molecule has 1 aromatic heterocycles. The molecule has 94 valence electrons. The molecule has 0 aliphatic carbocycles. The van der Waals surface area contributed by atoms with Crippen molar-refractivity contribution < 1.29 is 0 Å². The molecule has 1 aromatic carbocycles. The zero-order valence-corrected chi connectivity index (χ0v) is 12.0. The first-order valence-corrected chi connectivity index (χ1v) is 7.02. The lowest BCUT2D eigenvalue weighted by Crippen LogP contribution is -1.90. The molecule has 0 saturated carbocycles. The zero-order chi connectivity index (χ0) is 13.1. The Bertz CT molecular complexity index is 478. The van der Waals surface area contributed by atoms with Gasteiger partial charge in [0.2, 0.25) is 0 Å². The minimum Gasteiger partial charge on any atom is -0.399 e. The summed E-state index contributed by atoms with van der Waals surface area (Å²) in [6.07, 6.45) is 0. The third-order valence-corrected chi connectivity index (χ3v) is 3.64. The Labute approximate surface area is 117 Å². The number of hydrogen-bond donors (Lipinski definition) is 1. The highest BCUT2D eigenvalue weighted by Crippen LogP contribution is 2.25. The first kappa shape index (κ1) is 13.2. The van der Waals surface area contributed by atoms with Gasteiger partial charge >= 0.3 is 0 Å². The third-order valence-electron chi connectivity index (χ3n) is 2.46. The number of aromatic nitrogens is 1. The highest BCUT2D eigenvalue weighted by molar-refractivity contribution is 7.98. The van der Waals surface area contributed by atoms with Gasteiger partial charge in [-0.25, -0.2) is 4.98 Å². The molecule has 4 heteroatoms. The topological polar surface area (TPSA) is 38.9 Å². The molecule has 0 unspecified atom stereocenters. The molecule has 0 aliphatic heterocycles. The van der Waals surface area contributed by atoms with Crippen molar-refractivity contribution in [1.82, 2.24) is 4.98 Å². The molecule has 0 fully saturated rings. The SMILES string of the molecule is Cc1cc(C)cc(CSc2cc(N)cc(Cl)n2)c1. The van der Waals surface area contributed by atoms with Crippen molar-refractivity contribution in [3.05, 3.63) is 52.2 Å². The number of aryl methyl sites for hydroxylation is 2. The van der Waals surface area contributed by atoms with Crippen LogP contribution in [0.15, 0.2) is 35.4 Å². The smallest absolute Gasteiger partial charge is 0.132 e. The fourth-order valence-electron chi connectivity index (χ4n) is 1.88. The van der Waals surface area contributed by atoms with Crippen LogP contribution in [0.1, 0.15) is 16.7 Å². The van der Waals surface area contributed by atoms with Crippen LogP contribution in [0.5, 0.6) is 0 Å². The second kappa shape index (κ2) is 5.63. The van der Waals surface area contributed by atoms with Gasteiger partial charge in [-0.2, -0.15) is 0 Å². The van der Waals surface area contributed by atoms with Crippen molar-refractivity contribution in [2.75, 3.05) is 5.73 Å². The molecule has 2 rings (SSSR count). The summed E-state index contributed by atoms with van der Waals surface area (Å²) < 4.78 is 0. The van der Waals surface area contributed by atoms with E-state index in [1.54, 1.807) is 17.8 Å². The molecule has 2 N–H and O–H groups in total. The standard InChI is InChI=1S/C14H15ClN2S/c1-9-3-10(2)5-11(4-9)8-18-14-7-12(16)6-13(15)17-14/h3-7H,8H2,1-2H3,(H2,16,17). The van der Waals surface area contributed by atoms with Gasteiger partial charge in [-0.1, -0.05) is 40.9 Å². The maximum absolute atomic E-state index is 5.88. The lowest BCUT2D eigenvalue weighted by Gasteiger charge is -2.05. The van der Waals surface area contributed by atoms with E-state index in [-0.39, 0.29) is 0 Å². The van der Waals surface area contributed by atoms with Crippen LogP contribution >= 0.6 is 23.4 Å². The lowest BCUT2D eigenvalue weighted by molar-refractivity contribution is 1.13. The van der Waals surface area contributed by atoms with Gasteiger partial charge in [0.1, 0.15) is 10.2 Å². The molecule has 0 spiro atoms. The van der Waals surface area contributed by atoms with Crippen molar-refractivity contribution in [3.63, 3.8) is 0 Å². The molecule has 0 amide bonds. The normalized spacial score (nSPS) is 10.6. The number of nitrogens with zero attached hydrogens (tertiary/aromatic N) is 1. The van der Waals surface area contributed by atoms with Gasteiger partial charge < -0.3 is 5.73 Å². The summed E-state index contributed by atoms with van der Waals surface area (Å²) >= 11 is 7.52. The van der Waals surface area contributed by atoms with E-state index in [4.69, 9.17) is 17.3 Å². The number of rotatable bonds is 3. The van der Waals surface area contributed by atoms with Crippen LogP contribution in [-0.4, -0.2) is 4.98 Å².